The molecular formula is C12H17ClN2O. The molecule has 1 N–H and O–H groups in total. The first-order valence-corrected chi connectivity index (χ1v) is 6.39. The Morgan fingerprint density at radius 3 is 3.12 bits per heavy atom. The Labute approximate surface area is 101 Å². The van der Waals surface area contributed by atoms with E-state index >= 15 is 0 Å². The number of piperidine rings is 1. The molecular weight excluding hydrogens is 224 g/mol. The molecule has 0 unspecified atom stereocenters. The fourth-order valence-electron chi connectivity index (χ4n) is 2.92. The molecule has 2 saturated heterocycles. The van der Waals surface area contributed by atoms with Gasteiger partial charge < -0.3 is 9.73 Å². The molecule has 16 heavy (non-hydrogen) atoms. The first-order valence-electron chi connectivity index (χ1n) is 6.01. The number of furan rings is 1. The molecule has 2 atom stereocenters. The number of halogens is 1. The Balaban J connectivity index is 1.61. The van der Waals surface area contributed by atoms with Gasteiger partial charge in [0.2, 0.25) is 0 Å². The zero-order chi connectivity index (χ0) is 11.0. The van der Waals surface area contributed by atoms with E-state index in [0.29, 0.717) is 11.3 Å². The summed E-state index contributed by atoms with van der Waals surface area (Å²) in [6, 6.07) is 4.48. The van der Waals surface area contributed by atoms with E-state index in [1.54, 1.807) is 0 Å². The number of nitrogens with zero attached hydrogens (tertiary/aromatic N) is 1. The van der Waals surface area contributed by atoms with Gasteiger partial charge in [-0.1, -0.05) is 0 Å². The highest BCUT2D eigenvalue weighted by molar-refractivity contribution is 6.28. The average Bonchev–Trinajstić information content (AvgIpc) is 2.84. The number of rotatable bonds is 2. The van der Waals surface area contributed by atoms with Gasteiger partial charge >= 0.3 is 0 Å². The van der Waals surface area contributed by atoms with Gasteiger partial charge in [-0.2, -0.15) is 0 Å². The third-order valence-corrected chi connectivity index (χ3v) is 3.89. The molecule has 3 nitrogen and oxygen atoms in total. The molecule has 2 fully saturated rings. The van der Waals surface area contributed by atoms with Crippen LogP contribution in [0.4, 0.5) is 0 Å². The van der Waals surface area contributed by atoms with Gasteiger partial charge in [0.05, 0.1) is 6.54 Å². The summed E-state index contributed by atoms with van der Waals surface area (Å²) in [7, 11) is 0. The van der Waals surface area contributed by atoms with Crippen LogP contribution < -0.4 is 5.32 Å². The summed E-state index contributed by atoms with van der Waals surface area (Å²) in [6.07, 6.45) is 2.69. The number of hydrogen-bond donors (Lipinski definition) is 1. The lowest BCUT2D eigenvalue weighted by atomic mass is 9.94. The van der Waals surface area contributed by atoms with E-state index in [0.717, 1.165) is 24.8 Å². The van der Waals surface area contributed by atoms with Crippen LogP contribution >= 0.6 is 11.6 Å². The highest BCUT2D eigenvalue weighted by Crippen LogP contribution is 2.26. The van der Waals surface area contributed by atoms with Crippen LogP contribution in [0.2, 0.25) is 5.22 Å². The lowest BCUT2D eigenvalue weighted by molar-refractivity contribution is 0.285. The first kappa shape index (κ1) is 10.6. The van der Waals surface area contributed by atoms with Crippen molar-refractivity contribution in [2.45, 2.75) is 25.4 Å². The predicted molar refractivity (Wildman–Crippen MR) is 63.5 cm³/mol. The van der Waals surface area contributed by atoms with Gasteiger partial charge in [-0.3, -0.25) is 4.90 Å². The van der Waals surface area contributed by atoms with Crippen LogP contribution in [0.3, 0.4) is 0 Å². The Morgan fingerprint density at radius 2 is 2.38 bits per heavy atom. The van der Waals surface area contributed by atoms with Crippen LogP contribution in [0.1, 0.15) is 18.6 Å². The maximum atomic E-state index is 5.77. The summed E-state index contributed by atoms with van der Waals surface area (Å²) in [4.78, 5) is 2.46. The van der Waals surface area contributed by atoms with Crippen molar-refractivity contribution < 1.29 is 4.42 Å². The highest BCUT2D eigenvalue weighted by Gasteiger charge is 2.34. The van der Waals surface area contributed by atoms with Gasteiger partial charge in [-0.05, 0) is 49.0 Å². The Morgan fingerprint density at radius 1 is 1.44 bits per heavy atom. The van der Waals surface area contributed by atoms with Gasteiger partial charge in [0, 0.05) is 19.1 Å². The summed E-state index contributed by atoms with van der Waals surface area (Å²) in [5.74, 6) is 1.81. The van der Waals surface area contributed by atoms with Crippen molar-refractivity contribution in [1.82, 2.24) is 10.2 Å². The Hall–Kier alpha value is -0.510. The third kappa shape index (κ3) is 2.12. The molecule has 88 valence electrons. The summed E-state index contributed by atoms with van der Waals surface area (Å²) in [6.45, 7) is 4.40. The first-order chi connectivity index (χ1) is 7.81. The second-order valence-corrected chi connectivity index (χ2v) is 5.24. The quantitative estimate of drug-likeness (QED) is 0.859. The van der Waals surface area contributed by atoms with Crippen LogP contribution in [0.5, 0.6) is 0 Å². The van der Waals surface area contributed by atoms with E-state index in [1.807, 2.05) is 12.1 Å². The van der Waals surface area contributed by atoms with Gasteiger partial charge in [-0.15, -0.1) is 0 Å². The molecule has 0 aliphatic carbocycles. The molecule has 0 radical (unpaired) electrons. The van der Waals surface area contributed by atoms with E-state index in [4.69, 9.17) is 16.0 Å². The Kier molecular flexibility index (Phi) is 2.92. The van der Waals surface area contributed by atoms with Gasteiger partial charge in [-0.25, -0.2) is 0 Å². The van der Waals surface area contributed by atoms with Crippen LogP contribution in [0.15, 0.2) is 16.5 Å². The molecule has 2 aliphatic heterocycles. The summed E-state index contributed by atoms with van der Waals surface area (Å²) < 4.78 is 5.40. The van der Waals surface area contributed by atoms with Crippen molar-refractivity contribution in [2.24, 2.45) is 5.92 Å². The van der Waals surface area contributed by atoms with Crippen molar-refractivity contribution in [3.63, 3.8) is 0 Å². The third-order valence-electron chi connectivity index (χ3n) is 3.68. The Bertz CT molecular complexity index is 352. The fraction of sp³-hybridized carbons (Fsp3) is 0.667. The lowest BCUT2D eigenvalue weighted by Crippen LogP contribution is -2.40. The number of likely N-dealkylation sites (tertiary alicyclic amines) is 1. The lowest BCUT2D eigenvalue weighted by Gasteiger charge is -2.24. The number of nitrogens with one attached hydrogen (secondary N) is 1. The summed E-state index contributed by atoms with van der Waals surface area (Å²) in [5.41, 5.74) is 0. The molecule has 1 aromatic heterocycles. The predicted octanol–water partition coefficient (Wildman–Crippen LogP) is 2.12. The SMILES string of the molecule is Clc1ccc(CN2C[C@@H]3CCCN[C@@H]3C2)o1. The van der Waals surface area contributed by atoms with Crippen molar-refractivity contribution in [2.75, 3.05) is 19.6 Å². The fourth-order valence-corrected chi connectivity index (χ4v) is 3.08. The zero-order valence-corrected chi connectivity index (χ0v) is 10.0. The minimum Gasteiger partial charge on any atom is -0.448 e. The summed E-state index contributed by atoms with van der Waals surface area (Å²) in [5, 5.41) is 4.09. The molecule has 0 saturated carbocycles. The molecule has 0 amide bonds. The second-order valence-electron chi connectivity index (χ2n) is 4.86. The van der Waals surface area contributed by atoms with E-state index < -0.39 is 0 Å². The molecule has 2 aliphatic rings. The highest BCUT2D eigenvalue weighted by atomic mass is 35.5. The second kappa shape index (κ2) is 4.40. The smallest absolute Gasteiger partial charge is 0.193 e. The van der Waals surface area contributed by atoms with Crippen molar-refractivity contribution in [3.05, 3.63) is 23.1 Å². The minimum atomic E-state index is 0.490. The van der Waals surface area contributed by atoms with E-state index in [1.165, 1.54) is 25.9 Å². The molecule has 0 aromatic carbocycles. The monoisotopic (exact) mass is 240 g/mol. The standard InChI is InChI=1S/C12H17ClN2O/c13-12-4-3-10(16-12)7-15-6-9-2-1-5-14-11(9)8-15/h3-4,9,11,14H,1-2,5-8H2/t9-,11+/m0/s1. The normalized spacial score (nSPS) is 30.6. The van der Waals surface area contributed by atoms with Gasteiger partial charge in [0.15, 0.2) is 5.22 Å². The maximum Gasteiger partial charge on any atom is 0.193 e. The van der Waals surface area contributed by atoms with Crippen LogP contribution in [-0.2, 0) is 6.54 Å². The van der Waals surface area contributed by atoms with Crippen LogP contribution in [-0.4, -0.2) is 30.6 Å². The van der Waals surface area contributed by atoms with Gasteiger partial charge in [0.25, 0.3) is 0 Å². The topological polar surface area (TPSA) is 28.4 Å². The molecule has 3 rings (SSSR count). The van der Waals surface area contributed by atoms with E-state index in [-0.39, 0.29) is 0 Å². The molecule has 3 heterocycles. The van der Waals surface area contributed by atoms with Gasteiger partial charge in [0.1, 0.15) is 5.76 Å². The maximum absolute atomic E-state index is 5.77. The molecule has 0 bridgehead atoms. The van der Waals surface area contributed by atoms with Crippen LogP contribution in [0, 0.1) is 5.92 Å². The van der Waals surface area contributed by atoms with Crippen molar-refractivity contribution >= 4 is 11.6 Å². The van der Waals surface area contributed by atoms with E-state index in [9.17, 15) is 0 Å². The van der Waals surface area contributed by atoms with Crippen molar-refractivity contribution in [3.8, 4) is 0 Å². The van der Waals surface area contributed by atoms with Crippen LogP contribution in [0.25, 0.3) is 0 Å². The molecule has 4 heteroatoms. The zero-order valence-electron chi connectivity index (χ0n) is 9.29. The van der Waals surface area contributed by atoms with Crippen molar-refractivity contribution in [1.29, 1.82) is 0 Å². The van der Waals surface area contributed by atoms with E-state index in [2.05, 4.69) is 10.2 Å². The largest absolute Gasteiger partial charge is 0.448 e. The molecule has 0 spiro atoms. The minimum absolute atomic E-state index is 0.490. The average molecular weight is 241 g/mol. The summed E-state index contributed by atoms with van der Waals surface area (Å²) >= 11 is 5.77. The molecule has 1 aromatic rings. The number of hydrogen-bond acceptors (Lipinski definition) is 3. The number of fused-ring (bicyclic) bond motifs is 1.